The highest BCUT2D eigenvalue weighted by molar-refractivity contribution is 5.91. The molecule has 0 spiro atoms. The van der Waals surface area contributed by atoms with Crippen LogP contribution >= 0.6 is 0 Å². The van der Waals surface area contributed by atoms with E-state index in [2.05, 4.69) is 0 Å². The van der Waals surface area contributed by atoms with Gasteiger partial charge in [-0.3, -0.25) is 9.59 Å². The number of hydrogen-bond acceptors (Lipinski definition) is 2. The summed E-state index contributed by atoms with van der Waals surface area (Å²) in [6.07, 6.45) is 15.4. The molecule has 2 heteroatoms. The highest BCUT2D eigenvalue weighted by atomic mass is 16.1. The number of ketones is 2. The quantitative estimate of drug-likeness (QED) is 0.610. The summed E-state index contributed by atoms with van der Waals surface area (Å²) in [5, 5.41) is 0. The molecule has 0 N–H and O–H groups in total. The predicted molar refractivity (Wildman–Crippen MR) is 100 cm³/mol. The molecule has 142 valence electrons. The SMILES string of the molecule is O=C1C2CCCCC2C2C1CCC1C3CC4CCCCC4CC3C(=O)C12. The molecule has 6 aliphatic rings. The second kappa shape index (κ2) is 5.92. The lowest BCUT2D eigenvalue weighted by Gasteiger charge is -2.44. The maximum Gasteiger partial charge on any atom is 0.139 e. The van der Waals surface area contributed by atoms with Gasteiger partial charge in [0, 0.05) is 23.7 Å². The summed E-state index contributed by atoms with van der Waals surface area (Å²) in [6.45, 7) is 0. The average molecular weight is 355 g/mol. The Morgan fingerprint density at radius 2 is 1.27 bits per heavy atom. The van der Waals surface area contributed by atoms with Crippen LogP contribution < -0.4 is 0 Å². The molecule has 10 atom stereocenters. The Labute approximate surface area is 157 Å². The number of carbonyl (C=O) groups is 2. The zero-order valence-corrected chi connectivity index (χ0v) is 16.1. The highest BCUT2D eigenvalue weighted by Crippen LogP contribution is 2.63. The number of hydrogen-bond donors (Lipinski definition) is 0. The van der Waals surface area contributed by atoms with Gasteiger partial charge in [0.2, 0.25) is 0 Å². The zero-order valence-electron chi connectivity index (χ0n) is 16.1. The molecule has 10 unspecified atom stereocenters. The van der Waals surface area contributed by atoms with E-state index >= 15 is 0 Å². The van der Waals surface area contributed by atoms with E-state index in [9.17, 15) is 9.59 Å². The van der Waals surface area contributed by atoms with E-state index in [4.69, 9.17) is 0 Å². The third kappa shape index (κ3) is 2.11. The number of Topliss-reactive ketones (excluding diaryl/α,β-unsaturated/α-hetero) is 2. The minimum Gasteiger partial charge on any atom is -0.299 e. The van der Waals surface area contributed by atoms with Crippen LogP contribution in [-0.2, 0) is 9.59 Å². The summed E-state index contributed by atoms with van der Waals surface area (Å²) in [4.78, 5) is 26.7. The Morgan fingerprint density at radius 1 is 0.538 bits per heavy atom. The van der Waals surface area contributed by atoms with E-state index in [0.717, 1.165) is 24.7 Å². The van der Waals surface area contributed by atoms with Crippen LogP contribution in [0.2, 0.25) is 0 Å². The summed E-state index contributed by atoms with van der Waals surface area (Å²) in [5.74, 6) is 6.57. The van der Waals surface area contributed by atoms with Crippen molar-refractivity contribution in [2.24, 2.45) is 59.2 Å². The van der Waals surface area contributed by atoms with Gasteiger partial charge in [-0.2, -0.15) is 0 Å². The van der Waals surface area contributed by atoms with Crippen molar-refractivity contribution < 1.29 is 9.59 Å². The molecule has 0 bridgehead atoms. The fourth-order valence-corrected chi connectivity index (χ4v) is 9.27. The van der Waals surface area contributed by atoms with Crippen LogP contribution in [0.4, 0.5) is 0 Å². The highest BCUT2D eigenvalue weighted by Gasteiger charge is 2.63. The van der Waals surface area contributed by atoms with Gasteiger partial charge in [0.05, 0.1) is 0 Å². The van der Waals surface area contributed by atoms with Gasteiger partial charge >= 0.3 is 0 Å². The second-order valence-corrected chi connectivity index (χ2v) is 10.9. The van der Waals surface area contributed by atoms with E-state index < -0.39 is 0 Å². The van der Waals surface area contributed by atoms with Crippen molar-refractivity contribution in [2.75, 3.05) is 0 Å². The van der Waals surface area contributed by atoms with Crippen LogP contribution in [-0.4, -0.2) is 11.6 Å². The van der Waals surface area contributed by atoms with Gasteiger partial charge in [-0.05, 0) is 74.0 Å². The monoisotopic (exact) mass is 354 g/mol. The summed E-state index contributed by atoms with van der Waals surface area (Å²) in [7, 11) is 0. The van der Waals surface area contributed by atoms with Crippen LogP contribution in [0.3, 0.4) is 0 Å². The van der Waals surface area contributed by atoms with Crippen molar-refractivity contribution in [3.8, 4) is 0 Å². The van der Waals surface area contributed by atoms with Crippen LogP contribution in [0.25, 0.3) is 0 Å². The number of carbonyl (C=O) groups excluding carboxylic acids is 2. The van der Waals surface area contributed by atoms with Crippen molar-refractivity contribution in [2.45, 2.75) is 77.0 Å². The lowest BCUT2D eigenvalue weighted by molar-refractivity contribution is -0.130. The molecule has 0 aliphatic heterocycles. The lowest BCUT2D eigenvalue weighted by Crippen LogP contribution is -2.38. The average Bonchev–Trinajstić information content (AvgIpc) is 3.13. The zero-order chi connectivity index (χ0) is 17.4. The lowest BCUT2D eigenvalue weighted by atomic mass is 9.60. The molecule has 6 saturated carbocycles. The van der Waals surface area contributed by atoms with Crippen molar-refractivity contribution >= 4 is 11.6 Å². The van der Waals surface area contributed by atoms with Crippen molar-refractivity contribution in [3.05, 3.63) is 0 Å². The molecule has 6 fully saturated rings. The molecule has 26 heavy (non-hydrogen) atoms. The molecule has 2 nitrogen and oxygen atoms in total. The van der Waals surface area contributed by atoms with Crippen molar-refractivity contribution in [3.63, 3.8) is 0 Å². The Hall–Kier alpha value is -0.660. The largest absolute Gasteiger partial charge is 0.299 e. The van der Waals surface area contributed by atoms with Gasteiger partial charge in [-0.1, -0.05) is 38.5 Å². The van der Waals surface area contributed by atoms with Gasteiger partial charge in [0.1, 0.15) is 11.6 Å². The second-order valence-electron chi connectivity index (χ2n) is 10.9. The first kappa shape index (κ1) is 16.3. The molecule has 6 aliphatic carbocycles. The Balaban J connectivity index is 1.33. The van der Waals surface area contributed by atoms with E-state index in [1.54, 1.807) is 0 Å². The molecule has 0 heterocycles. The number of rotatable bonds is 0. The molecule has 0 aromatic heterocycles. The molecular formula is C24H34O2. The maximum atomic E-state index is 13.7. The molecule has 0 aromatic carbocycles. The normalized spacial score (nSPS) is 55.5. The van der Waals surface area contributed by atoms with Gasteiger partial charge < -0.3 is 0 Å². The van der Waals surface area contributed by atoms with E-state index in [-0.39, 0.29) is 11.8 Å². The predicted octanol–water partition coefficient (Wildman–Crippen LogP) is 5.05. The molecule has 6 rings (SSSR count). The van der Waals surface area contributed by atoms with Crippen LogP contribution in [0.5, 0.6) is 0 Å². The first-order chi connectivity index (χ1) is 12.7. The fourth-order valence-electron chi connectivity index (χ4n) is 9.27. The smallest absolute Gasteiger partial charge is 0.139 e. The fraction of sp³-hybridized carbons (Fsp3) is 0.917. The third-order valence-electron chi connectivity index (χ3n) is 10.2. The van der Waals surface area contributed by atoms with E-state index in [1.165, 1.54) is 64.2 Å². The first-order valence-corrected chi connectivity index (χ1v) is 11.8. The van der Waals surface area contributed by atoms with Gasteiger partial charge in [-0.15, -0.1) is 0 Å². The molecule has 0 radical (unpaired) electrons. The molecular weight excluding hydrogens is 320 g/mol. The molecule has 0 aromatic rings. The van der Waals surface area contributed by atoms with Gasteiger partial charge in [0.15, 0.2) is 0 Å². The third-order valence-corrected chi connectivity index (χ3v) is 10.2. The maximum absolute atomic E-state index is 13.7. The summed E-state index contributed by atoms with van der Waals surface area (Å²) >= 11 is 0. The standard InChI is InChI=1S/C24H34O2/c25-23-17-8-4-3-7-15(17)21-18(23)10-9-16-19-11-13-5-1-2-6-14(13)12-20(19)24(26)22(16)21/h13-22H,1-12H2. The topological polar surface area (TPSA) is 34.1 Å². The molecule has 0 saturated heterocycles. The molecule has 0 amide bonds. The number of fused-ring (bicyclic) bond motifs is 8. The van der Waals surface area contributed by atoms with Crippen LogP contribution in [0.15, 0.2) is 0 Å². The Kier molecular flexibility index (Phi) is 3.71. The van der Waals surface area contributed by atoms with Gasteiger partial charge in [-0.25, -0.2) is 0 Å². The van der Waals surface area contributed by atoms with Crippen LogP contribution in [0, 0.1) is 59.2 Å². The first-order valence-electron chi connectivity index (χ1n) is 11.8. The van der Waals surface area contributed by atoms with Crippen LogP contribution in [0.1, 0.15) is 77.0 Å². The van der Waals surface area contributed by atoms with Crippen molar-refractivity contribution in [1.29, 1.82) is 0 Å². The van der Waals surface area contributed by atoms with E-state index in [1.807, 2.05) is 0 Å². The van der Waals surface area contributed by atoms with E-state index in [0.29, 0.717) is 47.1 Å². The Bertz CT molecular complexity index is 624. The van der Waals surface area contributed by atoms with Gasteiger partial charge in [0.25, 0.3) is 0 Å². The minimum atomic E-state index is 0.260. The summed E-state index contributed by atoms with van der Waals surface area (Å²) < 4.78 is 0. The summed E-state index contributed by atoms with van der Waals surface area (Å²) in [5.41, 5.74) is 0. The Morgan fingerprint density at radius 3 is 2.12 bits per heavy atom. The minimum absolute atomic E-state index is 0.260. The summed E-state index contributed by atoms with van der Waals surface area (Å²) in [6, 6.07) is 0. The van der Waals surface area contributed by atoms with Crippen molar-refractivity contribution in [1.82, 2.24) is 0 Å².